The van der Waals surface area contributed by atoms with Gasteiger partial charge in [-0.2, -0.15) is 0 Å². The highest BCUT2D eigenvalue weighted by molar-refractivity contribution is 6.02. The molecule has 1 amide bonds. The minimum Gasteiger partial charge on any atom is -0.274 e. The number of carbonyl (C=O) groups excluding carboxylic acids is 1. The van der Waals surface area contributed by atoms with E-state index in [0.29, 0.717) is 12.2 Å². The van der Waals surface area contributed by atoms with Gasteiger partial charge in [-0.15, -0.1) is 0 Å². The summed E-state index contributed by atoms with van der Waals surface area (Å²) in [4.78, 5) is 18.2. The Morgan fingerprint density at radius 3 is 2.84 bits per heavy atom. The number of carbonyl (C=O) groups is 1. The standard InChI is InChI=1S/C16H16N2O/c1-2-12-6-8-14-13(11-12)7-9-16(19)18(14)15-5-3-4-10-17-15/h3-6,8,10-11H,2,7,9H2,1H3. The van der Waals surface area contributed by atoms with Gasteiger partial charge in [0.2, 0.25) is 5.91 Å². The lowest BCUT2D eigenvalue weighted by atomic mass is 9.98. The lowest BCUT2D eigenvalue weighted by Crippen LogP contribution is -2.31. The highest BCUT2D eigenvalue weighted by Crippen LogP contribution is 2.33. The molecule has 0 radical (unpaired) electrons. The molecule has 0 saturated heterocycles. The van der Waals surface area contributed by atoms with Crippen LogP contribution >= 0.6 is 0 Å². The van der Waals surface area contributed by atoms with Gasteiger partial charge in [-0.1, -0.05) is 25.1 Å². The molecule has 2 heterocycles. The summed E-state index contributed by atoms with van der Waals surface area (Å²) in [5.74, 6) is 0.827. The quantitative estimate of drug-likeness (QED) is 0.822. The molecule has 3 nitrogen and oxygen atoms in total. The highest BCUT2D eigenvalue weighted by atomic mass is 16.2. The van der Waals surface area contributed by atoms with Gasteiger partial charge >= 0.3 is 0 Å². The van der Waals surface area contributed by atoms with E-state index >= 15 is 0 Å². The molecule has 96 valence electrons. The van der Waals surface area contributed by atoms with Crippen LogP contribution in [0.3, 0.4) is 0 Å². The van der Waals surface area contributed by atoms with Crippen molar-refractivity contribution in [3.63, 3.8) is 0 Å². The third-order valence-electron chi connectivity index (χ3n) is 3.53. The molecule has 0 saturated carbocycles. The van der Waals surface area contributed by atoms with E-state index in [9.17, 15) is 4.79 Å². The topological polar surface area (TPSA) is 33.2 Å². The van der Waals surface area contributed by atoms with E-state index in [1.807, 2.05) is 24.3 Å². The molecule has 2 aromatic rings. The van der Waals surface area contributed by atoms with Gasteiger partial charge in [-0.25, -0.2) is 4.98 Å². The number of hydrogen-bond acceptors (Lipinski definition) is 2. The van der Waals surface area contributed by atoms with Gasteiger partial charge < -0.3 is 0 Å². The number of hydrogen-bond donors (Lipinski definition) is 0. The zero-order valence-electron chi connectivity index (χ0n) is 11.0. The number of pyridine rings is 1. The van der Waals surface area contributed by atoms with Crippen LogP contribution in [0.1, 0.15) is 24.5 Å². The van der Waals surface area contributed by atoms with Gasteiger partial charge in [-0.3, -0.25) is 9.69 Å². The van der Waals surface area contributed by atoms with Crippen molar-refractivity contribution < 1.29 is 4.79 Å². The summed E-state index contributed by atoms with van der Waals surface area (Å²) in [6.45, 7) is 2.15. The summed E-state index contributed by atoms with van der Waals surface area (Å²) < 4.78 is 0. The van der Waals surface area contributed by atoms with E-state index in [-0.39, 0.29) is 5.91 Å². The molecule has 0 spiro atoms. The summed E-state index contributed by atoms with van der Waals surface area (Å²) in [6.07, 6.45) is 4.12. The number of amides is 1. The van der Waals surface area contributed by atoms with Gasteiger partial charge in [0.25, 0.3) is 0 Å². The van der Waals surface area contributed by atoms with E-state index < -0.39 is 0 Å². The lowest BCUT2D eigenvalue weighted by Gasteiger charge is -2.28. The lowest BCUT2D eigenvalue weighted by molar-refractivity contribution is -0.118. The average molecular weight is 252 g/mol. The van der Waals surface area contributed by atoms with E-state index in [0.717, 1.165) is 18.5 Å². The van der Waals surface area contributed by atoms with E-state index in [1.165, 1.54) is 11.1 Å². The van der Waals surface area contributed by atoms with Crippen LogP contribution in [-0.2, 0) is 17.6 Å². The number of fused-ring (bicyclic) bond motifs is 1. The monoisotopic (exact) mass is 252 g/mol. The summed E-state index contributed by atoms with van der Waals surface area (Å²) >= 11 is 0. The predicted molar refractivity (Wildman–Crippen MR) is 75.5 cm³/mol. The van der Waals surface area contributed by atoms with Crippen molar-refractivity contribution in [2.24, 2.45) is 0 Å². The Bertz CT molecular complexity index is 607. The van der Waals surface area contributed by atoms with Crippen molar-refractivity contribution in [3.8, 4) is 0 Å². The van der Waals surface area contributed by atoms with Crippen molar-refractivity contribution in [1.82, 2.24) is 4.98 Å². The summed E-state index contributed by atoms with van der Waals surface area (Å²) in [6, 6.07) is 12.0. The molecule has 1 aliphatic rings. The molecule has 3 heteroatoms. The Morgan fingerprint density at radius 1 is 1.21 bits per heavy atom. The molecule has 1 aliphatic heterocycles. The number of aromatic nitrogens is 1. The molecule has 0 unspecified atom stereocenters. The molecule has 0 fully saturated rings. The number of anilines is 2. The fraction of sp³-hybridized carbons (Fsp3) is 0.250. The predicted octanol–water partition coefficient (Wildman–Crippen LogP) is 3.25. The average Bonchev–Trinajstić information content (AvgIpc) is 2.47. The third-order valence-corrected chi connectivity index (χ3v) is 3.53. The van der Waals surface area contributed by atoms with Crippen LogP contribution in [0.25, 0.3) is 0 Å². The van der Waals surface area contributed by atoms with Crippen molar-refractivity contribution in [3.05, 3.63) is 53.7 Å². The maximum Gasteiger partial charge on any atom is 0.233 e. The van der Waals surface area contributed by atoms with Crippen LogP contribution < -0.4 is 4.90 Å². The Balaban J connectivity index is 2.09. The van der Waals surface area contributed by atoms with Gasteiger partial charge in [0, 0.05) is 12.6 Å². The molecule has 0 bridgehead atoms. The Hall–Kier alpha value is -2.16. The minimum atomic E-state index is 0.121. The number of aryl methyl sites for hydroxylation is 2. The van der Waals surface area contributed by atoms with E-state index in [4.69, 9.17) is 0 Å². The fourth-order valence-corrected chi connectivity index (χ4v) is 2.50. The smallest absolute Gasteiger partial charge is 0.233 e. The van der Waals surface area contributed by atoms with Crippen LogP contribution in [0.4, 0.5) is 11.5 Å². The van der Waals surface area contributed by atoms with Crippen LogP contribution in [0.5, 0.6) is 0 Å². The first-order valence-corrected chi connectivity index (χ1v) is 6.65. The van der Waals surface area contributed by atoms with Crippen molar-refractivity contribution >= 4 is 17.4 Å². The molecule has 19 heavy (non-hydrogen) atoms. The zero-order valence-corrected chi connectivity index (χ0v) is 11.0. The molecule has 0 atom stereocenters. The summed E-state index contributed by atoms with van der Waals surface area (Å²) in [5.41, 5.74) is 3.53. The van der Waals surface area contributed by atoms with Crippen LogP contribution in [0, 0.1) is 0 Å². The first-order valence-electron chi connectivity index (χ1n) is 6.65. The second kappa shape index (κ2) is 4.84. The van der Waals surface area contributed by atoms with Crippen molar-refractivity contribution in [1.29, 1.82) is 0 Å². The number of benzene rings is 1. The van der Waals surface area contributed by atoms with Gasteiger partial charge in [-0.05, 0) is 42.2 Å². The van der Waals surface area contributed by atoms with E-state index in [2.05, 4.69) is 24.0 Å². The SMILES string of the molecule is CCc1ccc2c(c1)CCC(=O)N2c1ccccn1. The van der Waals surface area contributed by atoms with E-state index in [1.54, 1.807) is 11.1 Å². The maximum absolute atomic E-state index is 12.2. The zero-order chi connectivity index (χ0) is 13.2. The van der Waals surface area contributed by atoms with Gasteiger partial charge in [0.15, 0.2) is 0 Å². The van der Waals surface area contributed by atoms with Crippen molar-refractivity contribution in [2.45, 2.75) is 26.2 Å². The third kappa shape index (κ3) is 2.12. The summed E-state index contributed by atoms with van der Waals surface area (Å²) in [5, 5.41) is 0. The highest BCUT2D eigenvalue weighted by Gasteiger charge is 2.26. The molecular formula is C16H16N2O. The minimum absolute atomic E-state index is 0.121. The molecule has 1 aromatic heterocycles. The molecule has 0 N–H and O–H groups in total. The number of nitrogens with zero attached hydrogens (tertiary/aromatic N) is 2. The maximum atomic E-state index is 12.2. The molecule has 3 rings (SSSR count). The second-order valence-electron chi connectivity index (χ2n) is 4.73. The largest absolute Gasteiger partial charge is 0.274 e. The Labute approximate surface area is 112 Å². The fourth-order valence-electron chi connectivity index (χ4n) is 2.50. The normalized spacial score (nSPS) is 14.4. The van der Waals surface area contributed by atoms with Crippen LogP contribution in [-0.4, -0.2) is 10.9 Å². The Morgan fingerprint density at radius 2 is 2.11 bits per heavy atom. The van der Waals surface area contributed by atoms with Gasteiger partial charge in [0.05, 0.1) is 5.69 Å². The molecular weight excluding hydrogens is 236 g/mol. The first kappa shape index (κ1) is 11.9. The Kier molecular flexibility index (Phi) is 3.03. The van der Waals surface area contributed by atoms with Crippen LogP contribution in [0.2, 0.25) is 0 Å². The summed E-state index contributed by atoms with van der Waals surface area (Å²) in [7, 11) is 0. The number of rotatable bonds is 2. The molecule has 0 aliphatic carbocycles. The van der Waals surface area contributed by atoms with Crippen LogP contribution in [0.15, 0.2) is 42.6 Å². The van der Waals surface area contributed by atoms with Crippen molar-refractivity contribution in [2.75, 3.05) is 4.90 Å². The molecule has 1 aromatic carbocycles. The first-order chi connectivity index (χ1) is 9.29. The second-order valence-corrected chi connectivity index (χ2v) is 4.73. The van der Waals surface area contributed by atoms with Gasteiger partial charge in [0.1, 0.15) is 5.82 Å².